The second-order valence-corrected chi connectivity index (χ2v) is 6.26. The van der Waals surface area contributed by atoms with Crippen LogP contribution < -0.4 is 0 Å². The van der Waals surface area contributed by atoms with Gasteiger partial charge in [-0.25, -0.2) is 4.39 Å². The Morgan fingerprint density at radius 2 is 2.04 bits per heavy atom. The number of pyridine rings is 2. The number of hydrogen-bond acceptors (Lipinski definition) is 3. The molecule has 1 atom stereocenters. The van der Waals surface area contributed by atoms with Crippen molar-refractivity contribution in [1.29, 1.82) is 0 Å². The molecule has 2 aromatic heterocycles. The van der Waals surface area contributed by atoms with Crippen LogP contribution >= 0.6 is 0 Å². The maximum atomic E-state index is 13.5. The van der Waals surface area contributed by atoms with Crippen LogP contribution in [0.5, 0.6) is 0 Å². The lowest BCUT2D eigenvalue weighted by Gasteiger charge is -2.25. The highest BCUT2D eigenvalue weighted by atomic mass is 19.1. The lowest BCUT2D eigenvalue weighted by atomic mass is 10.0. The molecule has 0 aliphatic carbocycles. The van der Waals surface area contributed by atoms with Gasteiger partial charge in [-0.3, -0.25) is 14.8 Å². The highest BCUT2D eigenvalue weighted by Gasteiger charge is 2.21. The minimum Gasteiger partial charge on any atom is -0.339 e. The highest BCUT2D eigenvalue weighted by Crippen LogP contribution is 2.22. The fraction of sp³-hybridized carbons (Fsp3) is 0.250. The maximum absolute atomic E-state index is 13.5. The van der Waals surface area contributed by atoms with Gasteiger partial charge in [-0.2, -0.15) is 0 Å². The van der Waals surface area contributed by atoms with Crippen molar-refractivity contribution >= 4 is 16.8 Å². The summed E-state index contributed by atoms with van der Waals surface area (Å²) in [6.45, 7) is 3.79. The average molecular weight is 337 g/mol. The van der Waals surface area contributed by atoms with E-state index >= 15 is 0 Å². The molecule has 1 unspecified atom stereocenters. The zero-order valence-corrected chi connectivity index (χ0v) is 14.5. The zero-order valence-electron chi connectivity index (χ0n) is 14.5. The minimum atomic E-state index is -0.360. The molecule has 4 nitrogen and oxygen atoms in total. The summed E-state index contributed by atoms with van der Waals surface area (Å²) in [5, 5.41) is 0.661. The van der Waals surface area contributed by atoms with Gasteiger partial charge in [0.15, 0.2) is 0 Å². The molecule has 0 bridgehead atoms. The zero-order chi connectivity index (χ0) is 18.0. The minimum absolute atomic E-state index is 0.0219. The summed E-state index contributed by atoms with van der Waals surface area (Å²) in [5.74, 6) is -0.466. The van der Waals surface area contributed by atoms with Crippen LogP contribution in [-0.4, -0.2) is 33.9 Å². The average Bonchev–Trinajstić information content (AvgIpc) is 2.60. The molecule has 0 aliphatic heterocycles. The van der Waals surface area contributed by atoms with Crippen LogP contribution in [0.15, 0.2) is 48.7 Å². The molecule has 0 N–H and O–H groups in total. The Bertz CT molecular complexity index is 906. The van der Waals surface area contributed by atoms with E-state index in [0.29, 0.717) is 28.6 Å². The number of rotatable bonds is 4. The number of carbonyl (C=O) groups excluding carboxylic acids is 1. The first-order valence-corrected chi connectivity index (χ1v) is 8.19. The number of amides is 1. The quantitative estimate of drug-likeness (QED) is 0.728. The Balaban J connectivity index is 1.90. The number of hydrogen-bond donors (Lipinski definition) is 0. The van der Waals surface area contributed by atoms with Gasteiger partial charge in [-0.05, 0) is 44.2 Å². The van der Waals surface area contributed by atoms with Crippen LogP contribution in [0, 0.1) is 12.7 Å². The molecule has 5 heteroatoms. The van der Waals surface area contributed by atoms with Gasteiger partial charge in [0.1, 0.15) is 5.82 Å². The Morgan fingerprint density at radius 3 is 2.76 bits per heavy atom. The second-order valence-electron chi connectivity index (χ2n) is 6.26. The van der Waals surface area contributed by atoms with Gasteiger partial charge in [-0.1, -0.05) is 6.07 Å². The molecule has 0 spiro atoms. The monoisotopic (exact) mass is 337 g/mol. The summed E-state index contributed by atoms with van der Waals surface area (Å²) < 4.78 is 13.5. The summed E-state index contributed by atoms with van der Waals surface area (Å²) in [4.78, 5) is 23.4. The molecule has 25 heavy (non-hydrogen) atoms. The Kier molecular flexibility index (Phi) is 4.74. The number of halogens is 1. The molecular weight excluding hydrogens is 317 g/mol. The number of carbonyl (C=O) groups is 1. The lowest BCUT2D eigenvalue weighted by molar-refractivity contribution is 0.0744. The van der Waals surface area contributed by atoms with Crippen molar-refractivity contribution in [3.05, 3.63) is 71.4 Å². The van der Waals surface area contributed by atoms with E-state index in [-0.39, 0.29) is 17.8 Å². The van der Waals surface area contributed by atoms with Crippen molar-refractivity contribution in [2.45, 2.75) is 26.3 Å². The maximum Gasteiger partial charge on any atom is 0.254 e. The van der Waals surface area contributed by atoms with Crippen LogP contribution in [-0.2, 0) is 6.42 Å². The van der Waals surface area contributed by atoms with Crippen molar-refractivity contribution in [1.82, 2.24) is 14.9 Å². The first kappa shape index (κ1) is 17.0. The fourth-order valence-electron chi connectivity index (χ4n) is 2.86. The third-order valence-corrected chi connectivity index (χ3v) is 4.34. The summed E-state index contributed by atoms with van der Waals surface area (Å²) in [7, 11) is 1.78. The molecule has 1 aromatic carbocycles. The molecule has 0 radical (unpaired) electrons. The van der Waals surface area contributed by atoms with Crippen LogP contribution in [0.2, 0.25) is 0 Å². The number of nitrogens with zero attached hydrogens (tertiary/aromatic N) is 3. The van der Waals surface area contributed by atoms with Gasteiger partial charge in [-0.15, -0.1) is 0 Å². The molecule has 0 fully saturated rings. The standard InChI is InChI=1S/C20H20FN3O/c1-13-10-18(17-8-7-15(21)12-19(17)23-13)20(25)24(3)14(2)11-16-6-4-5-9-22-16/h4-10,12,14H,11H2,1-3H3. The largest absolute Gasteiger partial charge is 0.339 e. The van der Waals surface area contributed by atoms with Gasteiger partial charge < -0.3 is 4.90 Å². The third-order valence-electron chi connectivity index (χ3n) is 4.34. The normalized spacial score (nSPS) is 12.2. The van der Waals surface area contributed by atoms with Crippen LogP contribution in [0.4, 0.5) is 4.39 Å². The molecule has 1 amide bonds. The van der Waals surface area contributed by atoms with Crippen LogP contribution in [0.3, 0.4) is 0 Å². The number of benzene rings is 1. The van der Waals surface area contributed by atoms with Gasteiger partial charge in [0.25, 0.3) is 5.91 Å². The van der Waals surface area contributed by atoms with E-state index in [4.69, 9.17) is 0 Å². The molecule has 0 saturated heterocycles. The first-order chi connectivity index (χ1) is 12.0. The Labute approximate surface area is 146 Å². The second kappa shape index (κ2) is 6.97. The molecule has 0 saturated carbocycles. The topological polar surface area (TPSA) is 46.1 Å². The van der Waals surface area contributed by atoms with E-state index in [2.05, 4.69) is 9.97 Å². The summed E-state index contributed by atoms with van der Waals surface area (Å²) in [5.41, 5.74) is 2.66. The highest BCUT2D eigenvalue weighted by molar-refractivity contribution is 6.06. The van der Waals surface area contributed by atoms with Crippen LogP contribution in [0.25, 0.3) is 10.9 Å². The molecule has 3 rings (SSSR count). The number of likely N-dealkylation sites (N-methyl/N-ethyl adjacent to an activating group) is 1. The Hall–Kier alpha value is -2.82. The van der Waals surface area contributed by atoms with E-state index in [1.165, 1.54) is 12.1 Å². The van der Waals surface area contributed by atoms with Gasteiger partial charge in [0.2, 0.25) is 0 Å². The third kappa shape index (κ3) is 3.65. The van der Waals surface area contributed by atoms with E-state index in [1.54, 1.807) is 37.2 Å². The smallest absolute Gasteiger partial charge is 0.254 e. The molecule has 128 valence electrons. The molecular formula is C20H20FN3O. The van der Waals surface area contributed by atoms with Gasteiger partial charge in [0.05, 0.1) is 11.1 Å². The summed E-state index contributed by atoms with van der Waals surface area (Å²) in [6, 6.07) is 11.8. The van der Waals surface area contributed by atoms with Crippen molar-refractivity contribution in [2.75, 3.05) is 7.05 Å². The van der Waals surface area contributed by atoms with Crippen molar-refractivity contribution in [2.24, 2.45) is 0 Å². The number of aromatic nitrogens is 2. The van der Waals surface area contributed by atoms with E-state index in [9.17, 15) is 9.18 Å². The first-order valence-electron chi connectivity index (χ1n) is 8.19. The SMILES string of the molecule is Cc1cc(C(=O)N(C)C(C)Cc2ccccn2)c2ccc(F)cc2n1. The fourth-order valence-corrected chi connectivity index (χ4v) is 2.86. The lowest BCUT2D eigenvalue weighted by Crippen LogP contribution is -2.36. The van der Waals surface area contributed by atoms with Gasteiger partial charge >= 0.3 is 0 Å². The summed E-state index contributed by atoms with van der Waals surface area (Å²) >= 11 is 0. The van der Waals surface area contributed by atoms with E-state index < -0.39 is 0 Å². The van der Waals surface area contributed by atoms with Crippen LogP contribution in [0.1, 0.15) is 28.7 Å². The number of fused-ring (bicyclic) bond motifs is 1. The van der Waals surface area contributed by atoms with Crippen molar-refractivity contribution < 1.29 is 9.18 Å². The van der Waals surface area contributed by atoms with E-state index in [1.807, 2.05) is 25.1 Å². The predicted molar refractivity (Wildman–Crippen MR) is 95.9 cm³/mol. The van der Waals surface area contributed by atoms with Crippen molar-refractivity contribution in [3.8, 4) is 0 Å². The van der Waals surface area contributed by atoms with Gasteiger partial charge in [0, 0.05) is 48.5 Å². The molecule has 2 heterocycles. The predicted octanol–water partition coefficient (Wildman–Crippen LogP) is 3.78. The summed E-state index contributed by atoms with van der Waals surface area (Å²) in [6.07, 6.45) is 2.41. The van der Waals surface area contributed by atoms with E-state index in [0.717, 1.165) is 5.69 Å². The molecule has 0 aliphatic rings. The Morgan fingerprint density at radius 1 is 1.24 bits per heavy atom. The van der Waals surface area contributed by atoms with Crippen molar-refractivity contribution in [3.63, 3.8) is 0 Å². The molecule has 3 aromatic rings. The number of aryl methyl sites for hydroxylation is 1.